The number of hydrogen-bond donors (Lipinski definition) is 0. The number of aromatic nitrogens is 3. The second kappa shape index (κ2) is 11.4. The molecule has 0 aliphatic rings. The van der Waals surface area contributed by atoms with Crippen molar-refractivity contribution < 1.29 is 0 Å². The van der Waals surface area contributed by atoms with Gasteiger partial charge in [0.1, 0.15) is 0 Å². The minimum atomic E-state index is 0.708. The van der Waals surface area contributed by atoms with Gasteiger partial charge < -0.3 is 0 Å². The summed E-state index contributed by atoms with van der Waals surface area (Å²) in [6, 6.07) is 57.1. The van der Waals surface area contributed by atoms with Gasteiger partial charge in [-0.25, -0.2) is 15.0 Å². The fourth-order valence-corrected chi connectivity index (χ4v) is 7.58. The van der Waals surface area contributed by atoms with E-state index in [1.165, 1.54) is 25.6 Å². The SMILES string of the molecule is c1ccc(-c2cc(-c3ccccc3)nc(-c3ccc(-c4ccc5nc(-c6ccccc6)c6c7ccccc7sc6c5c4)cc3)n2)cc1. The van der Waals surface area contributed by atoms with E-state index in [1.54, 1.807) is 0 Å². The molecule has 0 unspecified atom stereocenters. The van der Waals surface area contributed by atoms with Crippen LogP contribution in [0.3, 0.4) is 0 Å². The van der Waals surface area contributed by atoms with Gasteiger partial charge in [-0.1, -0.05) is 140 Å². The number of thiophene rings is 1. The molecule has 4 heteroatoms. The van der Waals surface area contributed by atoms with Gasteiger partial charge in [-0.2, -0.15) is 0 Å². The van der Waals surface area contributed by atoms with E-state index >= 15 is 0 Å². The van der Waals surface area contributed by atoms with Crippen molar-refractivity contribution in [1.82, 2.24) is 15.0 Å². The van der Waals surface area contributed by atoms with Crippen LogP contribution in [0.15, 0.2) is 164 Å². The van der Waals surface area contributed by atoms with Crippen molar-refractivity contribution in [1.29, 1.82) is 0 Å². The maximum Gasteiger partial charge on any atom is 0.160 e. The Labute approximate surface area is 276 Å². The molecule has 0 atom stereocenters. The highest BCUT2D eigenvalue weighted by molar-refractivity contribution is 7.26. The van der Waals surface area contributed by atoms with E-state index in [2.05, 4.69) is 127 Å². The summed E-state index contributed by atoms with van der Waals surface area (Å²) in [4.78, 5) is 15.3. The zero-order valence-corrected chi connectivity index (χ0v) is 26.2. The van der Waals surface area contributed by atoms with Gasteiger partial charge in [0.2, 0.25) is 0 Å². The summed E-state index contributed by atoms with van der Waals surface area (Å²) in [6.45, 7) is 0. The molecule has 0 spiro atoms. The van der Waals surface area contributed by atoms with Gasteiger partial charge in [0.15, 0.2) is 5.82 Å². The van der Waals surface area contributed by atoms with Crippen LogP contribution in [-0.2, 0) is 0 Å². The number of benzene rings is 6. The summed E-state index contributed by atoms with van der Waals surface area (Å²) >= 11 is 1.85. The Morgan fingerprint density at radius 1 is 0.383 bits per heavy atom. The second-order valence-corrected chi connectivity index (χ2v) is 12.7. The Balaban J connectivity index is 1.15. The van der Waals surface area contributed by atoms with Crippen LogP contribution in [0.1, 0.15) is 0 Å². The van der Waals surface area contributed by atoms with E-state index in [0.29, 0.717) is 5.82 Å². The summed E-state index contributed by atoms with van der Waals surface area (Å²) in [7, 11) is 0. The Morgan fingerprint density at radius 2 is 0.936 bits per heavy atom. The Morgan fingerprint density at radius 3 is 1.60 bits per heavy atom. The molecule has 3 aromatic heterocycles. The van der Waals surface area contributed by atoms with Crippen molar-refractivity contribution in [3.8, 4) is 56.3 Å². The predicted molar refractivity (Wildman–Crippen MR) is 197 cm³/mol. The molecule has 3 heterocycles. The van der Waals surface area contributed by atoms with Gasteiger partial charge in [0, 0.05) is 47.8 Å². The van der Waals surface area contributed by atoms with Crippen LogP contribution in [0.4, 0.5) is 0 Å². The van der Waals surface area contributed by atoms with Crippen molar-refractivity contribution in [2.75, 3.05) is 0 Å². The molecule has 0 bridgehead atoms. The molecule has 0 amide bonds. The molecule has 9 aromatic rings. The first kappa shape index (κ1) is 27.3. The van der Waals surface area contributed by atoms with Crippen molar-refractivity contribution in [3.05, 3.63) is 164 Å². The molecule has 9 rings (SSSR count). The van der Waals surface area contributed by atoms with Crippen LogP contribution in [0.5, 0.6) is 0 Å². The number of nitrogens with zero attached hydrogens (tertiary/aromatic N) is 3. The molecule has 6 aromatic carbocycles. The highest BCUT2D eigenvalue weighted by atomic mass is 32.1. The molecule has 0 saturated carbocycles. The Bertz CT molecular complexity index is 2480. The molecule has 0 aliphatic carbocycles. The summed E-state index contributed by atoms with van der Waals surface area (Å²) in [5, 5.41) is 3.65. The monoisotopic (exact) mass is 617 g/mol. The van der Waals surface area contributed by atoms with Gasteiger partial charge in [-0.3, -0.25) is 0 Å². The largest absolute Gasteiger partial charge is 0.247 e. The molecule has 0 radical (unpaired) electrons. The molecule has 3 nitrogen and oxygen atoms in total. The normalized spacial score (nSPS) is 11.4. The summed E-state index contributed by atoms with van der Waals surface area (Å²) in [5.41, 5.74) is 10.4. The van der Waals surface area contributed by atoms with Crippen molar-refractivity contribution >= 4 is 42.4 Å². The second-order valence-electron chi connectivity index (χ2n) is 11.6. The number of rotatable bonds is 5. The van der Waals surface area contributed by atoms with Crippen LogP contribution >= 0.6 is 11.3 Å². The van der Waals surface area contributed by atoms with Crippen LogP contribution in [0, 0.1) is 0 Å². The third-order valence-corrected chi connectivity index (χ3v) is 9.90. The minimum absolute atomic E-state index is 0.708. The van der Waals surface area contributed by atoms with E-state index < -0.39 is 0 Å². The lowest BCUT2D eigenvalue weighted by atomic mass is 9.99. The smallest absolute Gasteiger partial charge is 0.160 e. The van der Waals surface area contributed by atoms with Crippen LogP contribution < -0.4 is 0 Å². The quantitative estimate of drug-likeness (QED) is 0.193. The third kappa shape index (κ3) is 4.96. The van der Waals surface area contributed by atoms with Gasteiger partial charge in [-0.15, -0.1) is 11.3 Å². The van der Waals surface area contributed by atoms with Crippen LogP contribution in [-0.4, -0.2) is 15.0 Å². The van der Waals surface area contributed by atoms with Crippen molar-refractivity contribution in [2.24, 2.45) is 0 Å². The standard InChI is InChI=1S/C43H27N3S/c1-4-12-29(13-5-1)37-27-38(30-14-6-2-7-15-30)46-43(45-37)32-22-20-28(21-23-32)33-24-25-36-35(26-33)42-40(34-18-10-11-19-39(34)47-42)41(44-36)31-16-8-3-9-17-31/h1-27H. The van der Waals surface area contributed by atoms with E-state index in [9.17, 15) is 0 Å². The number of fused-ring (bicyclic) bond motifs is 5. The fraction of sp³-hybridized carbons (Fsp3) is 0. The van der Waals surface area contributed by atoms with Gasteiger partial charge in [0.25, 0.3) is 0 Å². The lowest BCUT2D eigenvalue weighted by Gasteiger charge is -2.11. The van der Waals surface area contributed by atoms with E-state index in [1.807, 2.05) is 47.7 Å². The third-order valence-electron chi connectivity index (χ3n) is 8.69. The highest BCUT2D eigenvalue weighted by Gasteiger charge is 2.17. The Kier molecular flexibility index (Phi) is 6.65. The first-order valence-electron chi connectivity index (χ1n) is 15.7. The van der Waals surface area contributed by atoms with Gasteiger partial charge in [-0.05, 0) is 35.4 Å². The molecule has 0 N–H and O–H groups in total. The topological polar surface area (TPSA) is 38.7 Å². The van der Waals surface area contributed by atoms with Gasteiger partial charge >= 0.3 is 0 Å². The maximum absolute atomic E-state index is 5.24. The molecule has 220 valence electrons. The average Bonchev–Trinajstić information content (AvgIpc) is 3.55. The summed E-state index contributed by atoms with van der Waals surface area (Å²) in [6.07, 6.45) is 0. The molecule has 0 fully saturated rings. The number of pyridine rings is 1. The highest BCUT2D eigenvalue weighted by Crippen LogP contribution is 2.43. The van der Waals surface area contributed by atoms with E-state index in [4.69, 9.17) is 15.0 Å². The number of hydrogen-bond acceptors (Lipinski definition) is 4. The fourth-order valence-electron chi connectivity index (χ4n) is 6.35. The molecule has 0 saturated heterocycles. The molecular weight excluding hydrogens is 591 g/mol. The molecular formula is C43H27N3S. The maximum atomic E-state index is 5.24. The van der Waals surface area contributed by atoms with Crippen LogP contribution in [0.25, 0.3) is 87.4 Å². The van der Waals surface area contributed by atoms with E-state index in [-0.39, 0.29) is 0 Å². The van der Waals surface area contributed by atoms with Gasteiger partial charge in [0.05, 0.1) is 22.6 Å². The van der Waals surface area contributed by atoms with Crippen molar-refractivity contribution in [3.63, 3.8) is 0 Å². The van der Waals surface area contributed by atoms with Crippen molar-refractivity contribution in [2.45, 2.75) is 0 Å². The first-order chi connectivity index (χ1) is 23.3. The van der Waals surface area contributed by atoms with Crippen LogP contribution in [0.2, 0.25) is 0 Å². The summed E-state index contributed by atoms with van der Waals surface area (Å²) < 4.78 is 2.55. The summed E-state index contributed by atoms with van der Waals surface area (Å²) in [5.74, 6) is 0.708. The minimum Gasteiger partial charge on any atom is -0.247 e. The zero-order valence-electron chi connectivity index (χ0n) is 25.3. The lowest BCUT2D eigenvalue weighted by Crippen LogP contribution is -1.96. The zero-order chi connectivity index (χ0) is 31.2. The molecule has 47 heavy (non-hydrogen) atoms. The first-order valence-corrected chi connectivity index (χ1v) is 16.5. The Hall–Kier alpha value is -5.97. The predicted octanol–water partition coefficient (Wildman–Crippen LogP) is 11.7. The lowest BCUT2D eigenvalue weighted by molar-refractivity contribution is 1.18. The average molecular weight is 618 g/mol. The molecule has 0 aliphatic heterocycles. The van der Waals surface area contributed by atoms with E-state index in [0.717, 1.165) is 56.0 Å².